The molecular formula is C22H10F34O2S2. The third-order valence-corrected chi connectivity index (χ3v) is 9.85. The Morgan fingerprint density at radius 3 is 0.650 bits per heavy atom. The summed E-state index contributed by atoms with van der Waals surface area (Å²) >= 11 is -2.27. The number of hydrogen-bond donors (Lipinski definition) is 1. The number of aliphatic carboxylic acids is 1. The maximum absolute atomic E-state index is 14.0. The summed E-state index contributed by atoms with van der Waals surface area (Å²) in [7, 11) is 0. The van der Waals surface area contributed by atoms with Crippen molar-refractivity contribution in [1.29, 1.82) is 0 Å². The first-order valence-corrected chi connectivity index (χ1v) is 15.5. The van der Waals surface area contributed by atoms with Crippen molar-refractivity contribution in [3.63, 3.8) is 0 Å². The molecule has 0 amide bonds. The van der Waals surface area contributed by atoms with E-state index in [1.54, 1.807) is 0 Å². The van der Waals surface area contributed by atoms with Gasteiger partial charge < -0.3 is 5.11 Å². The van der Waals surface area contributed by atoms with E-state index in [9.17, 15) is 154 Å². The number of carboxylic acid groups (broad SMARTS) is 1. The maximum atomic E-state index is 14.0. The molecule has 1 N–H and O–H groups in total. The molecular weight excluding hydrogens is 1010 g/mol. The molecule has 0 spiro atoms. The molecule has 0 radical (unpaired) electrons. The summed E-state index contributed by atoms with van der Waals surface area (Å²) in [6.45, 7) is 0. The molecule has 0 aliphatic heterocycles. The van der Waals surface area contributed by atoms with E-state index in [2.05, 4.69) is 0 Å². The van der Waals surface area contributed by atoms with Crippen LogP contribution < -0.4 is 0 Å². The Labute approximate surface area is 313 Å². The van der Waals surface area contributed by atoms with Gasteiger partial charge in [0, 0.05) is 24.3 Å². The third-order valence-electron chi connectivity index (χ3n) is 7.15. The smallest absolute Gasteiger partial charge is 0.460 e. The summed E-state index contributed by atoms with van der Waals surface area (Å²) in [6.07, 6.45) is -23.0. The molecule has 0 aromatic heterocycles. The van der Waals surface area contributed by atoms with E-state index in [1.165, 1.54) is 0 Å². The molecule has 0 aromatic carbocycles. The van der Waals surface area contributed by atoms with Crippen molar-refractivity contribution in [2.45, 2.75) is 113 Å². The zero-order valence-corrected chi connectivity index (χ0v) is 28.1. The Bertz CT molecular complexity index is 1400. The lowest BCUT2D eigenvalue weighted by atomic mass is 9.88. The molecule has 0 bridgehead atoms. The average molecular weight is 1020 g/mol. The molecule has 0 rings (SSSR count). The SMILES string of the molecule is O=C(O)C(SCCC(F)(F)C(F)(F)C(F)(F)C(F)(F)C(F)(F)C(F)(F)C(F)(F)C(F)(F)F)SCCC(F)(F)C(F)(F)C(F)(F)C(F)(F)C(F)(F)C(F)(F)C(F)(F)C(F)(F)F. The first-order valence-electron chi connectivity index (χ1n) is 13.4. The van der Waals surface area contributed by atoms with E-state index in [1.807, 2.05) is 0 Å². The fourth-order valence-electron chi connectivity index (χ4n) is 3.49. The average Bonchev–Trinajstić information content (AvgIpc) is 3.01. The Morgan fingerprint density at radius 2 is 0.483 bits per heavy atom. The van der Waals surface area contributed by atoms with Crippen LogP contribution in [0.4, 0.5) is 149 Å². The summed E-state index contributed by atoms with van der Waals surface area (Å²) in [5.74, 6) is -127. The monoisotopic (exact) mass is 1020 g/mol. The van der Waals surface area contributed by atoms with Gasteiger partial charge in [0.25, 0.3) is 0 Å². The van der Waals surface area contributed by atoms with Gasteiger partial charge >= 0.3 is 101 Å². The number of hydrogen-bond acceptors (Lipinski definition) is 3. The Kier molecular flexibility index (Phi) is 15.2. The van der Waals surface area contributed by atoms with Crippen LogP contribution in [-0.2, 0) is 4.79 Å². The third kappa shape index (κ3) is 8.33. The quantitative estimate of drug-likeness (QED) is 0.0918. The fraction of sp³-hybridized carbons (Fsp3) is 0.955. The van der Waals surface area contributed by atoms with Crippen LogP contribution in [0.3, 0.4) is 0 Å². The Morgan fingerprint density at radius 1 is 0.317 bits per heavy atom. The van der Waals surface area contributed by atoms with E-state index in [4.69, 9.17) is 5.11 Å². The van der Waals surface area contributed by atoms with Gasteiger partial charge in [-0.15, -0.1) is 23.5 Å². The second-order valence-corrected chi connectivity index (χ2v) is 13.9. The summed E-state index contributed by atoms with van der Waals surface area (Å²) < 4.78 is 450. The first kappa shape index (κ1) is 57.8. The first-order chi connectivity index (χ1) is 25.5. The van der Waals surface area contributed by atoms with E-state index in [-0.39, 0.29) is 0 Å². The highest BCUT2D eigenvalue weighted by Gasteiger charge is 2.96. The number of carbonyl (C=O) groups is 1. The normalized spacial score (nSPS) is 16.5. The van der Waals surface area contributed by atoms with Crippen LogP contribution in [0, 0.1) is 0 Å². The Hall–Kier alpha value is -2.21. The molecule has 60 heavy (non-hydrogen) atoms. The number of halogens is 34. The maximum Gasteiger partial charge on any atom is 0.460 e. The standard InChI is InChI=1S/C22H10F34O2S2/c23-7(24,9(27,28)11(31,32)13(35,36)15(39,40)17(43,44)19(47,48)21(51,52)53)1-3-59-6(5(57)58)60-4-2-8(25,26)10(29,30)12(33,34)14(37,38)16(41,42)18(45,46)20(49,50)22(54,55)56/h6H,1-4H2,(H,57,58). The van der Waals surface area contributed by atoms with Crippen molar-refractivity contribution in [3.8, 4) is 0 Å². The van der Waals surface area contributed by atoms with Crippen LogP contribution in [0.15, 0.2) is 0 Å². The molecule has 0 atom stereocenters. The van der Waals surface area contributed by atoms with E-state index >= 15 is 0 Å². The highest BCUT2D eigenvalue weighted by atomic mass is 32.2. The van der Waals surface area contributed by atoms with Gasteiger partial charge in [-0.05, 0) is 0 Å². The summed E-state index contributed by atoms with van der Waals surface area (Å²) in [4.78, 5) is 11.2. The molecule has 0 unspecified atom stereocenters. The predicted molar refractivity (Wildman–Crippen MR) is 127 cm³/mol. The predicted octanol–water partition coefficient (Wildman–Crippen LogP) is 12.7. The minimum Gasteiger partial charge on any atom is -0.480 e. The van der Waals surface area contributed by atoms with Crippen molar-refractivity contribution < 1.29 is 159 Å². The van der Waals surface area contributed by atoms with Crippen molar-refractivity contribution in [3.05, 3.63) is 0 Å². The number of rotatable bonds is 21. The van der Waals surface area contributed by atoms with Gasteiger partial charge in [0.15, 0.2) is 0 Å². The van der Waals surface area contributed by atoms with Gasteiger partial charge in [-0.1, -0.05) is 0 Å². The molecule has 0 fully saturated rings. The summed E-state index contributed by atoms with van der Waals surface area (Å²) in [5, 5.41) is 8.86. The van der Waals surface area contributed by atoms with Crippen LogP contribution in [0.5, 0.6) is 0 Å². The van der Waals surface area contributed by atoms with E-state index in [0.717, 1.165) is 0 Å². The van der Waals surface area contributed by atoms with Crippen LogP contribution in [0.25, 0.3) is 0 Å². The minimum absolute atomic E-state index is 1.14. The lowest BCUT2D eigenvalue weighted by molar-refractivity contribution is -0.461. The fourth-order valence-corrected chi connectivity index (χ4v) is 5.91. The highest BCUT2D eigenvalue weighted by Crippen LogP contribution is 2.66. The van der Waals surface area contributed by atoms with Crippen LogP contribution >= 0.6 is 23.5 Å². The topological polar surface area (TPSA) is 37.3 Å². The molecule has 0 aliphatic carbocycles. The molecule has 0 heterocycles. The minimum atomic E-state index is -9.05. The lowest BCUT2D eigenvalue weighted by Crippen LogP contribution is -2.74. The zero-order chi connectivity index (χ0) is 49.4. The van der Waals surface area contributed by atoms with Gasteiger partial charge in [-0.25, -0.2) is 0 Å². The molecule has 360 valence electrons. The number of carboxylic acids is 1. The summed E-state index contributed by atoms with van der Waals surface area (Å²) in [6, 6.07) is 0. The van der Waals surface area contributed by atoms with E-state index < -0.39 is 154 Å². The van der Waals surface area contributed by atoms with Crippen molar-refractivity contribution in [2.75, 3.05) is 11.5 Å². The van der Waals surface area contributed by atoms with Gasteiger partial charge in [0.2, 0.25) is 0 Å². The lowest BCUT2D eigenvalue weighted by Gasteiger charge is -2.42. The van der Waals surface area contributed by atoms with Crippen LogP contribution in [-0.4, -0.2) is 122 Å². The molecule has 38 heteroatoms. The largest absolute Gasteiger partial charge is 0.480 e. The second kappa shape index (κ2) is 15.8. The molecule has 0 saturated heterocycles. The van der Waals surface area contributed by atoms with Gasteiger partial charge in [-0.2, -0.15) is 149 Å². The van der Waals surface area contributed by atoms with Gasteiger partial charge in [0.05, 0.1) is 0 Å². The highest BCUT2D eigenvalue weighted by molar-refractivity contribution is 8.18. The number of thioether (sulfide) groups is 2. The molecule has 0 aliphatic rings. The molecule has 0 aromatic rings. The molecule has 0 saturated carbocycles. The zero-order valence-electron chi connectivity index (χ0n) is 26.4. The van der Waals surface area contributed by atoms with E-state index in [0.29, 0.717) is 0 Å². The number of alkyl halides is 34. The molecule has 2 nitrogen and oxygen atoms in total. The van der Waals surface area contributed by atoms with Gasteiger partial charge in [0.1, 0.15) is 4.58 Å². The summed E-state index contributed by atoms with van der Waals surface area (Å²) in [5.41, 5.74) is 0. The van der Waals surface area contributed by atoms with Crippen molar-refractivity contribution >= 4 is 29.5 Å². The van der Waals surface area contributed by atoms with Crippen LogP contribution in [0.2, 0.25) is 0 Å². The van der Waals surface area contributed by atoms with Crippen molar-refractivity contribution in [1.82, 2.24) is 0 Å². The second-order valence-electron chi connectivity index (χ2n) is 11.2. The van der Waals surface area contributed by atoms with Crippen molar-refractivity contribution in [2.24, 2.45) is 0 Å². The van der Waals surface area contributed by atoms with Crippen LogP contribution in [0.1, 0.15) is 12.8 Å². The Balaban J connectivity index is 6.37. The van der Waals surface area contributed by atoms with Gasteiger partial charge in [-0.3, -0.25) is 4.79 Å².